The number of hydrogen-bond donors (Lipinski definition) is 1. The second kappa shape index (κ2) is 7.57. The molecule has 1 fully saturated rings. The molecule has 8 heteroatoms. The quantitative estimate of drug-likeness (QED) is 0.622. The monoisotopic (exact) mass is 321 g/mol. The highest BCUT2D eigenvalue weighted by Crippen LogP contribution is 2.26. The molecule has 8 nitrogen and oxygen atoms in total. The van der Waals surface area contributed by atoms with Gasteiger partial charge in [-0.3, -0.25) is 19.7 Å². The first kappa shape index (κ1) is 16.7. The van der Waals surface area contributed by atoms with Crippen LogP contribution in [0.4, 0.5) is 5.69 Å². The van der Waals surface area contributed by atoms with E-state index < -0.39 is 10.8 Å². The molecule has 0 spiro atoms. The van der Waals surface area contributed by atoms with E-state index in [9.17, 15) is 19.7 Å². The summed E-state index contributed by atoms with van der Waals surface area (Å²) >= 11 is 0. The van der Waals surface area contributed by atoms with Gasteiger partial charge in [0, 0.05) is 19.2 Å². The van der Waals surface area contributed by atoms with Crippen molar-refractivity contribution in [3.8, 4) is 5.75 Å². The van der Waals surface area contributed by atoms with Crippen LogP contribution in [0.15, 0.2) is 18.2 Å². The van der Waals surface area contributed by atoms with E-state index in [0.717, 1.165) is 25.9 Å². The van der Waals surface area contributed by atoms with Gasteiger partial charge in [0.25, 0.3) is 11.6 Å². The van der Waals surface area contributed by atoms with Crippen molar-refractivity contribution < 1.29 is 19.2 Å². The molecule has 1 heterocycles. The first-order chi connectivity index (χ1) is 11.0. The molecule has 0 saturated carbocycles. The lowest BCUT2D eigenvalue weighted by Gasteiger charge is -2.15. The lowest BCUT2D eigenvalue weighted by molar-refractivity contribution is -0.385. The van der Waals surface area contributed by atoms with Gasteiger partial charge in [-0.25, -0.2) is 0 Å². The van der Waals surface area contributed by atoms with Crippen LogP contribution in [-0.4, -0.2) is 47.9 Å². The van der Waals surface area contributed by atoms with Crippen LogP contribution in [0.3, 0.4) is 0 Å². The first-order valence-corrected chi connectivity index (χ1v) is 7.40. The molecule has 0 atom stereocenters. The minimum Gasteiger partial charge on any atom is -0.483 e. The van der Waals surface area contributed by atoms with Crippen molar-refractivity contribution in [2.75, 3.05) is 26.2 Å². The minimum atomic E-state index is -0.503. The van der Waals surface area contributed by atoms with Crippen LogP contribution in [0, 0.1) is 17.0 Å². The van der Waals surface area contributed by atoms with Crippen molar-refractivity contribution in [2.24, 2.45) is 0 Å². The number of amides is 2. The van der Waals surface area contributed by atoms with E-state index in [-0.39, 0.29) is 30.5 Å². The number of nitro benzene ring substituents is 1. The van der Waals surface area contributed by atoms with E-state index in [0.29, 0.717) is 5.56 Å². The topological polar surface area (TPSA) is 102 Å². The van der Waals surface area contributed by atoms with Crippen LogP contribution in [-0.2, 0) is 9.59 Å². The van der Waals surface area contributed by atoms with Crippen LogP contribution in [0.2, 0.25) is 0 Å². The fraction of sp³-hybridized carbons (Fsp3) is 0.467. The lowest BCUT2D eigenvalue weighted by Crippen LogP contribution is -2.40. The average Bonchev–Trinajstić information content (AvgIpc) is 3.05. The Labute approximate surface area is 133 Å². The Balaban J connectivity index is 1.81. The van der Waals surface area contributed by atoms with Crippen LogP contribution < -0.4 is 10.1 Å². The molecule has 1 aromatic rings. The van der Waals surface area contributed by atoms with E-state index in [2.05, 4.69) is 5.32 Å². The van der Waals surface area contributed by atoms with Crippen LogP contribution in [0.25, 0.3) is 0 Å². The molecule has 1 aromatic carbocycles. The van der Waals surface area contributed by atoms with Crippen LogP contribution in [0.5, 0.6) is 5.75 Å². The van der Waals surface area contributed by atoms with E-state index in [1.165, 1.54) is 12.1 Å². The molecule has 0 bridgehead atoms. The number of hydrogen-bond acceptors (Lipinski definition) is 5. The van der Waals surface area contributed by atoms with E-state index in [1.807, 2.05) is 0 Å². The summed E-state index contributed by atoms with van der Waals surface area (Å²) < 4.78 is 5.31. The fourth-order valence-electron chi connectivity index (χ4n) is 2.40. The molecule has 0 unspecified atom stereocenters. The third-order valence-electron chi connectivity index (χ3n) is 3.71. The molecule has 23 heavy (non-hydrogen) atoms. The molecule has 1 aliphatic heterocycles. The van der Waals surface area contributed by atoms with Crippen molar-refractivity contribution in [2.45, 2.75) is 19.8 Å². The highest BCUT2D eigenvalue weighted by Gasteiger charge is 2.19. The van der Waals surface area contributed by atoms with Gasteiger partial charge in [-0.05, 0) is 25.8 Å². The van der Waals surface area contributed by atoms with Crippen molar-refractivity contribution in [1.82, 2.24) is 10.2 Å². The van der Waals surface area contributed by atoms with Gasteiger partial charge in [-0.15, -0.1) is 0 Å². The Morgan fingerprint density at radius 2 is 2.04 bits per heavy atom. The van der Waals surface area contributed by atoms with Crippen molar-refractivity contribution in [3.63, 3.8) is 0 Å². The van der Waals surface area contributed by atoms with Gasteiger partial charge < -0.3 is 15.0 Å². The minimum absolute atomic E-state index is 0.0594. The average molecular weight is 321 g/mol. The van der Waals surface area contributed by atoms with Crippen LogP contribution in [0.1, 0.15) is 18.4 Å². The van der Waals surface area contributed by atoms with Crippen molar-refractivity contribution in [1.29, 1.82) is 0 Å². The summed E-state index contributed by atoms with van der Waals surface area (Å²) in [4.78, 5) is 35.6. The van der Waals surface area contributed by atoms with Crippen molar-refractivity contribution >= 4 is 17.5 Å². The highest BCUT2D eigenvalue weighted by atomic mass is 16.6. The van der Waals surface area contributed by atoms with Gasteiger partial charge in [0.1, 0.15) is 5.75 Å². The highest BCUT2D eigenvalue weighted by molar-refractivity contribution is 5.85. The smallest absolute Gasteiger partial charge is 0.276 e. The molecule has 1 aliphatic rings. The summed E-state index contributed by atoms with van der Waals surface area (Å²) in [5.74, 6) is -0.272. The second-order valence-corrected chi connectivity index (χ2v) is 5.31. The summed E-state index contributed by atoms with van der Waals surface area (Å²) in [6.45, 7) is 2.67. The Bertz CT molecular complexity index is 611. The van der Waals surface area contributed by atoms with Crippen molar-refractivity contribution in [3.05, 3.63) is 33.9 Å². The number of nitrogens with one attached hydrogen (secondary N) is 1. The molecule has 2 amide bonds. The van der Waals surface area contributed by atoms with E-state index in [4.69, 9.17) is 4.74 Å². The Morgan fingerprint density at radius 3 is 2.70 bits per heavy atom. The van der Waals surface area contributed by atoms with Crippen LogP contribution >= 0.6 is 0 Å². The zero-order chi connectivity index (χ0) is 16.8. The summed E-state index contributed by atoms with van der Waals surface area (Å²) in [6, 6.07) is 4.43. The predicted molar refractivity (Wildman–Crippen MR) is 82.2 cm³/mol. The number of nitrogens with zero attached hydrogens (tertiary/aromatic N) is 2. The molecular formula is C15H19N3O5. The molecule has 1 saturated heterocycles. The molecule has 0 radical (unpaired) electrons. The maximum Gasteiger partial charge on any atom is 0.276 e. The zero-order valence-corrected chi connectivity index (χ0v) is 12.9. The summed E-state index contributed by atoms with van der Waals surface area (Å²) in [5, 5.41) is 13.3. The number of rotatable bonds is 6. The fourth-order valence-corrected chi connectivity index (χ4v) is 2.40. The zero-order valence-electron chi connectivity index (χ0n) is 12.9. The third kappa shape index (κ3) is 4.41. The van der Waals surface area contributed by atoms with Gasteiger partial charge in [0.05, 0.1) is 17.0 Å². The number of ether oxygens (including phenoxy) is 1. The number of benzene rings is 1. The summed E-state index contributed by atoms with van der Waals surface area (Å²) in [5.41, 5.74) is 0.297. The van der Waals surface area contributed by atoms with Gasteiger partial charge in [0.15, 0.2) is 6.61 Å². The Hall–Kier alpha value is -2.64. The normalized spacial score (nSPS) is 13.7. The maximum absolute atomic E-state index is 11.8. The van der Waals surface area contributed by atoms with Gasteiger partial charge in [-0.1, -0.05) is 6.07 Å². The van der Waals surface area contributed by atoms with Gasteiger partial charge >= 0.3 is 0 Å². The molecule has 0 aromatic heterocycles. The SMILES string of the molecule is Cc1c(OCC(=O)NCC(=O)N2CCCC2)cccc1[N+](=O)[O-]. The molecule has 124 valence electrons. The number of nitro groups is 1. The molecule has 2 rings (SSSR count). The number of carbonyl (C=O) groups is 2. The first-order valence-electron chi connectivity index (χ1n) is 7.40. The second-order valence-electron chi connectivity index (χ2n) is 5.31. The predicted octanol–water partition coefficient (Wildman–Crippen LogP) is 1.02. The summed E-state index contributed by atoms with van der Waals surface area (Å²) in [6.07, 6.45) is 1.99. The van der Waals surface area contributed by atoms with Gasteiger partial charge in [0.2, 0.25) is 5.91 Å². The van der Waals surface area contributed by atoms with Gasteiger partial charge in [-0.2, -0.15) is 0 Å². The molecular weight excluding hydrogens is 302 g/mol. The number of carbonyl (C=O) groups excluding carboxylic acids is 2. The Morgan fingerprint density at radius 1 is 1.35 bits per heavy atom. The number of likely N-dealkylation sites (tertiary alicyclic amines) is 1. The Kier molecular flexibility index (Phi) is 5.51. The largest absolute Gasteiger partial charge is 0.483 e. The summed E-state index contributed by atoms with van der Waals surface area (Å²) in [7, 11) is 0. The third-order valence-corrected chi connectivity index (χ3v) is 3.71. The lowest BCUT2D eigenvalue weighted by atomic mass is 10.2. The standard InChI is InChI=1S/C15H19N3O5/c1-11-12(18(21)22)5-4-6-13(11)23-10-14(19)16-9-15(20)17-7-2-3-8-17/h4-6H,2-3,7-10H2,1H3,(H,16,19). The van der Waals surface area contributed by atoms with E-state index >= 15 is 0 Å². The molecule has 0 aliphatic carbocycles. The molecule has 1 N–H and O–H groups in total. The maximum atomic E-state index is 11.8. The van der Waals surface area contributed by atoms with E-state index in [1.54, 1.807) is 17.9 Å².